The number of aryl methyl sites for hydroxylation is 2. The van der Waals surface area contributed by atoms with Crippen molar-refractivity contribution in [1.82, 2.24) is 15.0 Å². The minimum absolute atomic E-state index is 0.618. The molecule has 92 valence electrons. The Labute approximate surface area is 110 Å². The van der Waals surface area contributed by atoms with E-state index in [9.17, 15) is 0 Å². The van der Waals surface area contributed by atoms with E-state index in [-0.39, 0.29) is 0 Å². The van der Waals surface area contributed by atoms with Gasteiger partial charge in [0.2, 0.25) is 0 Å². The van der Waals surface area contributed by atoms with Crippen LogP contribution in [0.3, 0.4) is 0 Å². The van der Waals surface area contributed by atoms with Gasteiger partial charge in [-0.15, -0.1) is 0 Å². The third-order valence-electron chi connectivity index (χ3n) is 2.95. The molecule has 2 aromatic rings. The van der Waals surface area contributed by atoms with Crippen molar-refractivity contribution >= 4 is 17.6 Å². The van der Waals surface area contributed by atoms with Gasteiger partial charge in [0.15, 0.2) is 5.82 Å². The third kappa shape index (κ3) is 1.95. The van der Waals surface area contributed by atoms with Crippen LogP contribution in [0.1, 0.15) is 22.6 Å². The second kappa shape index (κ2) is 4.24. The lowest BCUT2D eigenvalue weighted by atomic mass is 10.1. The van der Waals surface area contributed by atoms with E-state index >= 15 is 0 Å². The molecular formula is C13H14N4S. The molecule has 0 fully saturated rings. The summed E-state index contributed by atoms with van der Waals surface area (Å²) in [5.41, 5.74) is 11.1. The van der Waals surface area contributed by atoms with Crippen LogP contribution in [0, 0.1) is 13.8 Å². The fourth-order valence-corrected chi connectivity index (χ4v) is 3.22. The molecule has 18 heavy (non-hydrogen) atoms. The Kier molecular flexibility index (Phi) is 2.70. The van der Waals surface area contributed by atoms with Gasteiger partial charge in [0.1, 0.15) is 5.82 Å². The summed E-state index contributed by atoms with van der Waals surface area (Å²) < 4.78 is 0. The van der Waals surface area contributed by atoms with Gasteiger partial charge >= 0.3 is 0 Å². The third-order valence-corrected chi connectivity index (χ3v) is 3.92. The molecule has 1 aliphatic rings. The molecule has 0 saturated heterocycles. The number of hydrogen-bond donors (Lipinski definition) is 1. The molecule has 0 radical (unpaired) electrons. The average Bonchev–Trinajstić information content (AvgIpc) is 2.76. The minimum Gasteiger partial charge on any atom is -0.383 e. The van der Waals surface area contributed by atoms with Crippen molar-refractivity contribution < 1.29 is 0 Å². The molecule has 0 spiro atoms. The van der Waals surface area contributed by atoms with Gasteiger partial charge in [0.05, 0.1) is 5.69 Å². The summed E-state index contributed by atoms with van der Waals surface area (Å²) in [5.74, 6) is 3.18. The molecule has 0 aromatic carbocycles. The Hall–Kier alpha value is -1.62. The molecule has 4 nitrogen and oxygen atoms in total. The van der Waals surface area contributed by atoms with E-state index in [1.807, 2.05) is 37.7 Å². The summed E-state index contributed by atoms with van der Waals surface area (Å²) in [6.45, 7) is 3.95. The van der Waals surface area contributed by atoms with Crippen molar-refractivity contribution in [3.05, 3.63) is 34.8 Å². The molecule has 2 N–H and O–H groups in total. The second-order valence-corrected chi connectivity index (χ2v) is 5.47. The Bertz CT molecular complexity index is 604. The Balaban J connectivity index is 2.15. The van der Waals surface area contributed by atoms with Gasteiger partial charge in [-0.05, 0) is 26.0 Å². The lowest BCUT2D eigenvalue weighted by molar-refractivity contribution is 1.07. The number of nitrogens with two attached hydrogens (primary N) is 1. The van der Waals surface area contributed by atoms with E-state index in [0.29, 0.717) is 11.6 Å². The molecule has 1 aliphatic heterocycles. The normalized spacial score (nSPS) is 13.7. The molecule has 0 saturated carbocycles. The van der Waals surface area contributed by atoms with Crippen LogP contribution in [0.2, 0.25) is 0 Å². The standard InChI is InChI=1S/C13H14N4S/c1-7-3-9(4-8(2)15-7)13-16-11-6-18-5-10(11)12(14)17-13/h3-4H,5-6H2,1-2H3,(H2,14,16,17). The van der Waals surface area contributed by atoms with E-state index in [2.05, 4.69) is 15.0 Å². The summed E-state index contributed by atoms with van der Waals surface area (Å²) in [4.78, 5) is 13.4. The Morgan fingerprint density at radius 1 is 1.06 bits per heavy atom. The second-order valence-electron chi connectivity index (χ2n) is 4.49. The zero-order valence-electron chi connectivity index (χ0n) is 10.4. The van der Waals surface area contributed by atoms with Gasteiger partial charge in [0, 0.05) is 34.0 Å². The highest BCUT2D eigenvalue weighted by Crippen LogP contribution is 2.33. The maximum atomic E-state index is 6.01. The van der Waals surface area contributed by atoms with Crippen LogP contribution in [0.25, 0.3) is 11.4 Å². The molecule has 0 atom stereocenters. The van der Waals surface area contributed by atoms with Crippen LogP contribution in [-0.4, -0.2) is 15.0 Å². The van der Waals surface area contributed by atoms with Gasteiger partial charge in [-0.25, -0.2) is 9.97 Å². The molecule has 0 unspecified atom stereocenters. The zero-order chi connectivity index (χ0) is 12.7. The highest BCUT2D eigenvalue weighted by atomic mass is 32.2. The lowest BCUT2D eigenvalue weighted by Gasteiger charge is -2.07. The van der Waals surface area contributed by atoms with E-state index in [1.54, 1.807) is 0 Å². The summed E-state index contributed by atoms with van der Waals surface area (Å²) in [7, 11) is 0. The van der Waals surface area contributed by atoms with Crippen molar-refractivity contribution in [3.8, 4) is 11.4 Å². The predicted molar refractivity (Wildman–Crippen MR) is 74.1 cm³/mol. The number of fused-ring (bicyclic) bond motifs is 1. The quantitative estimate of drug-likeness (QED) is 0.851. The number of pyridine rings is 1. The molecule has 0 bridgehead atoms. The van der Waals surface area contributed by atoms with Crippen LogP contribution in [0.4, 0.5) is 5.82 Å². The summed E-state index contributed by atoms with van der Waals surface area (Å²) in [6, 6.07) is 3.99. The Morgan fingerprint density at radius 3 is 2.50 bits per heavy atom. The topological polar surface area (TPSA) is 64.7 Å². The van der Waals surface area contributed by atoms with Crippen molar-refractivity contribution in [2.45, 2.75) is 25.4 Å². The van der Waals surface area contributed by atoms with Crippen LogP contribution >= 0.6 is 11.8 Å². The molecular weight excluding hydrogens is 244 g/mol. The van der Waals surface area contributed by atoms with Crippen LogP contribution in [0.5, 0.6) is 0 Å². The van der Waals surface area contributed by atoms with Gasteiger partial charge in [-0.1, -0.05) is 0 Å². The van der Waals surface area contributed by atoms with Crippen LogP contribution < -0.4 is 5.73 Å². The van der Waals surface area contributed by atoms with Crippen molar-refractivity contribution in [2.24, 2.45) is 0 Å². The predicted octanol–water partition coefficient (Wildman–Crippen LogP) is 2.48. The van der Waals surface area contributed by atoms with Crippen molar-refractivity contribution in [1.29, 1.82) is 0 Å². The minimum atomic E-state index is 0.618. The largest absolute Gasteiger partial charge is 0.383 e. The van der Waals surface area contributed by atoms with Gasteiger partial charge < -0.3 is 5.73 Å². The maximum Gasteiger partial charge on any atom is 0.161 e. The maximum absolute atomic E-state index is 6.01. The summed E-state index contributed by atoms with van der Waals surface area (Å²) in [5, 5.41) is 0. The highest BCUT2D eigenvalue weighted by molar-refractivity contribution is 7.98. The Morgan fingerprint density at radius 2 is 1.78 bits per heavy atom. The molecule has 0 aliphatic carbocycles. The smallest absolute Gasteiger partial charge is 0.161 e. The van der Waals surface area contributed by atoms with E-state index < -0.39 is 0 Å². The number of nitrogens with zero attached hydrogens (tertiary/aromatic N) is 3. The average molecular weight is 258 g/mol. The number of aromatic nitrogens is 3. The molecule has 2 aromatic heterocycles. The number of anilines is 1. The monoisotopic (exact) mass is 258 g/mol. The fourth-order valence-electron chi connectivity index (χ4n) is 2.17. The molecule has 5 heteroatoms. The molecule has 3 heterocycles. The first-order chi connectivity index (χ1) is 8.63. The van der Waals surface area contributed by atoms with Gasteiger partial charge in [-0.3, -0.25) is 4.98 Å². The lowest BCUT2D eigenvalue weighted by Crippen LogP contribution is -2.03. The number of thioether (sulfide) groups is 1. The van der Waals surface area contributed by atoms with E-state index in [4.69, 9.17) is 5.73 Å². The van der Waals surface area contributed by atoms with E-state index in [1.165, 1.54) is 0 Å². The zero-order valence-corrected chi connectivity index (χ0v) is 11.2. The van der Waals surface area contributed by atoms with Crippen molar-refractivity contribution in [3.63, 3.8) is 0 Å². The van der Waals surface area contributed by atoms with Gasteiger partial charge in [0.25, 0.3) is 0 Å². The van der Waals surface area contributed by atoms with Crippen LogP contribution in [0.15, 0.2) is 12.1 Å². The van der Waals surface area contributed by atoms with Crippen molar-refractivity contribution in [2.75, 3.05) is 5.73 Å². The number of nitrogen functional groups attached to an aromatic ring is 1. The molecule has 3 rings (SSSR count). The summed E-state index contributed by atoms with van der Waals surface area (Å²) in [6.07, 6.45) is 0. The van der Waals surface area contributed by atoms with Gasteiger partial charge in [-0.2, -0.15) is 11.8 Å². The van der Waals surface area contributed by atoms with Crippen LogP contribution in [-0.2, 0) is 11.5 Å². The molecule has 0 amide bonds. The highest BCUT2D eigenvalue weighted by Gasteiger charge is 2.18. The number of hydrogen-bond acceptors (Lipinski definition) is 5. The summed E-state index contributed by atoms with van der Waals surface area (Å²) >= 11 is 1.83. The first kappa shape index (κ1) is 11.5. The van der Waals surface area contributed by atoms with E-state index in [0.717, 1.165) is 39.7 Å². The first-order valence-corrected chi connectivity index (χ1v) is 6.97. The first-order valence-electron chi connectivity index (χ1n) is 5.82. The fraction of sp³-hybridized carbons (Fsp3) is 0.308. The number of rotatable bonds is 1. The SMILES string of the molecule is Cc1cc(-c2nc(N)c3c(n2)CSC3)cc(C)n1.